The maximum absolute atomic E-state index is 13.2. The average molecular weight is 391 g/mol. The Morgan fingerprint density at radius 2 is 1.83 bits per heavy atom. The molecule has 0 unspecified atom stereocenters. The minimum Gasteiger partial charge on any atom is -0.497 e. The number of amides is 1. The number of aromatic nitrogens is 2. The van der Waals surface area contributed by atoms with E-state index in [1.165, 1.54) is 0 Å². The molecule has 1 atom stereocenters. The molecule has 1 aromatic heterocycles. The van der Waals surface area contributed by atoms with Crippen LogP contribution >= 0.6 is 0 Å². The molecule has 0 spiro atoms. The third kappa shape index (κ3) is 3.71. The standard InChI is InChI=1S/C22H21N3O4/c1-29-18-9-7-15(8-10-18)20-19(14-25(23-20)17-5-3-2-4-6-17)21(26)24-12-11-16(13-24)22(27)28/h2-10,14,16H,11-13H2,1H3,(H,27,28)/t16-/m1/s1. The van der Waals surface area contributed by atoms with Crippen molar-refractivity contribution in [1.29, 1.82) is 0 Å². The lowest BCUT2D eigenvalue weighted by molar-refractivity contribution is -0.141. The molecule has 1 saturated heterocycles. The van der Waals surface area contributed by atoms with Gasteiger partial charge in [-0.05, 0) is 42.8 Å². The molecule has 1 aliphatic heterocycles. The van der Waals surface area contributed by atoms with Gasteiger partial charge in [0.15, 0.2) is 0 Å². The summed E-state index contributed by atoms with van der Waals surface area (Å²) in [4.78, 5) is 26.1. The number of nitrogens with zero attached hydrogens (tertiary/aromatic N) is 3. The van der Waals surface area contributed by atoms with Crippen molar-refractivity contribution in [3.63, 3.8) is 0 Å². The second-order valence-electron chi connectivity index (χ2n) is 6.98. The minimum atomic E-state index is -0.865. The Hall–Kier alpha value is -3.61. The van der Waals surface area contributed by atoms with Crippen molar-refractivity contribution in [3.8, 4) is 22.7 Å². The van der Waals surface area contributed by atoms with Crippen molar-refractivity contribution < 1.29 is 19.4 Å². The van der Waals surface area contributed by atoms with Gasteiger partial charge in [-0.2, -0.15) is 5.10 Å². The number of aliphatic carboxylic acids is 1. The molecule has 0 radical (unpaired) electrons. The number of rotatable bonds is 5. The Morgan fingerprint density at radius 1 is 1.10 bits per heavy atom. The van der Waals surface area contributed by atoms with Crippen LogP contribution in [0.15, 0.2) is 60.8 Å². The topological polar surface area (TPSA) is 84.7 Å². The summed E-state index contributed by atoms with van der Waals surface area (Å²) in [6, 6.07) is 16.9. The number of carboxylic acid groups (broad SMARTS) is 1. The number of likely N-dealkylation sites (tertiary alicyclic amines) is 1. The van der Waals surface area contributed by atoms with Crippen LogP contribution in [-0.2, 0) is 4.79 Å². The predicted octanol–water partition coefficient (Wildman–Crippen LogP) is 3.09. The smallest absolute Gasteiger partial charge is 0.308 e. The lowest BCUT2D eigenvalue weighted by Crippen LogP contribution is -2.30. The van der Waals surface area contributed by atoms with Gasteiger partial charge in [0, 0.05) is 24.8 Å². The van der Waals surface area contributed by atoms with Gasteiger partial charge < -0.3 is 14.7 Å². The molecule has 0 aliphatic carbocycles. The molecule has 2 heterocycles. The first-order valence-electron chi connectivity index (χ1n) is 9.38. The molecule has 0 bridgehead atoms. The Morgan fingerprint density at radius 3 is 2.45 bits per heavy atom. The molecule has 4 rings (SSSR count). The van der Waals surface area contributed by atoms with Crippen LogP contribution in [0.1, 0.15) is 16.8 Å². The summed E-state index contributed by atoms with van der Waals surface area (Å²) in [5.41, 5.74) is 2.63. The van der Waals surface area contributed by atoms with Gasteiger partial charge in [-0.1, -0.05) is 18.2 Å². The number of carbonyl (C=O) groups excluding carboxylic acids is 1. The predicted molar refractivity (Wildman–Crippen MR) is 107 cm³/mol. The molecule has 1 aliphatic rings. The largest absolute Gasteiger partial charge is 0.497 e. The molecule has 1 fully saturated rings. The first-order valence-corrected chi connectivity index (χ1v) is 9.38. The molecule has 2 aromatic carbocycles. The van der Waals surface area contributed by atoms with Crippen LogP contribution in [0.4, 0.5) is 0 Å². The number of hydrogen-bond acceptors (Lipinski definition) is 4. The fourth-order valence-corrected chi connectivity index (χ4v) is 3.52. The first-order chi connectivity index (χ1) is 14.1. The minimum absolute atomic E-state index is 0.207. The van der Waals surface area contributed by atoms with E-state index in [9.17, 15) is 14.7 Å². The molecule has 3 aromatic rings. The van der Waals surface area contributed by atoms with Crippen LogP contribution in [0.5, 0.6) is 5.75 Å². The van der Waals surface area contributed by atoms with Gasteiger partial charge in [-0.3, -0.25) is 9.59 Å². The van der Waals surface area contributed by atoms with Crippen molar-refractivity contribution in [1.82, 2.24) is 14.7 Å². The molecule has 29 heavy (non-hydrogen) atoms. The number of para-hydroxylation sites is 1. The third-order valence-electron chi connectivity index (χ3n) is 5.15. The Kier molecular flexibility index (Phi) is 5.03. The van der Waals surface area contributed by atoms with Crippen LogP contribution in [0.2, 0.25) is 0 Å². The quantitative estimate of drug-likeness (QED) is 0.722. The zero-order chi connectivity index (χ0) is 20.4. The Bertz CT molecular complexity index is 1030. The second-order valence-corrected chi connectivity index (χ2v) is 6.98. The van der Waals surface area contributed by atoms with Gasteiger partial charge >= 0.3 is 5.97 Å². The van der Waals surface area contributed by atoms with E-state index in [4.69, 9.17) is 4.74 Å². The highest BCUT2D eigenvalue weighted by Crippen LogP contribution is 2.28. The summed E-state index contributed by atoms with van der Waals surface area (Å²) in [6.45, 7) is 0.640. The molecular weight excluding hydrogens is 370 g/mol. The molecule has 1 amide bonds. The zero-order valence-corrected chi connectivity index (χ0v) is 16.0. The number of hydrogen-bond donors (Lipinski definition) is 1. The highest BCUT2D eigenvalue weighted by atomic mass is 16.5. The van der Waals surface area contributed by atoms with Crippen molar-refractivity contribution in [3.05, 3.63) is 66.4 Å². The highest BCUT2D eigenvalue weighted by Gasteiger charge is 2.33. The molecule has 0 saturated carbocycles. The van der Waals surface area contributed by atoms with Gasteiger partial charge in [0.2, 0.25) is 0 Å². The van der Waals surface area contributed by atoms with E-state index in [1.54, 1.807) is 22.9 Å². The van der Waals surface area contributed by atoms with Crippen molar-refractivity contribution in [2.45, 2.75) is 6.42 Å². The van der Waals surface area contributed by atoms with Crippen molar-refractivity contribution >= 4 is 11.9 Å². The van der Waals surface area contributed by atoms with E-state index in [-0.39, 0.29) is 12.5 Å². The monoisotopic (exact) mass is 391 g/mol. The fraction of sp³-hybridized carbons (Fsp3) is 0.227. The number of ether oxygens (including phenoxy) is 1. The van der Waals surface area contributed by atoms with Crippen LogP contribution < -0.4 is 4.74 Å². The number of methoxy groups -OCH3 is 1. The highest BCUT2D eigenvalue weighted by molar-refractivity contribution is 6.00. The summed E-state index contributed by atoms with van der Waals surface area (Å²) in [5, 5.41) is 13.9. The van der Waals surface area contributed by atoms with Crippen LogP contribution in [0.25, 0.3) is 16.9 Å². The van der Waals surface area contributed by atoms with Gasteiger partial charge in [-0.15, -0.1) is 0 Å². The summed E-state index contributed by atoms with van der Waals surface area (Å²) in [6.07, 6.45) is 2.18. The third-order valence-corrected chi connectivity index (χ3v) is 5.15. The normalized spacial score (nSPS) is 16.0. The second kappa shape index (κ2) is 7.79. The molecule has 7 nitrogen and oxygen atoms in total. The van der Waals surface area contributed by atoms with E-state index in [1.807, 2.05) is 54.6 Å². The zero-order valence-electron chi connectivity index (χ0n) is 16.0. The van der Waals surface area contributed by atoms with Crippen LogP contribution in [-0.4, -0.2) is 51.9 Å². The van der Waals surface area contributed by atoms with E-state index in [2.05, 4.69) is 5.10 Å². The van der Waals surface area contributed by atoms with Crippen molar-refractivity contribution in [2.75, 3.05) is 20.2 Å². The summed E-state index contributed by atoms with van der Waals surface area (Å²) in [5.74, 6) is -0.877. The van der Waals surface area contributed by atoms with Gasteiger partial charge in [0.1, 0.15) is 11.4 Å². The average Bonchev–Trinajstić information content (AvgIpc) is 3.42. The first kappa shape index (κ1) is 18.7. The van der Waals surface area contributed by atoms with Crippen molar-refractivity contribution in [2.24, 2.45) is 5.92 Å². The van der Waals surface area contributed by atoms with Crippen LogP contribution in [0, 0.1) is 5.92 Å². The van der Waals surface area contributed by atoms with Crippen LogP contribution in [0.3, 0.4) is 0 Å². The lowest BCUT2D eigenvalue weighted by atomic mass is 10.1. The van der Waals surface area contributed by atoms with Gasteiger partial charge in [-0.25, -0.2) is 4.68 Å². The maximum Gasteiger partial charge on any atom is 0.308 e. The van der Waals surface area contributed by atoms with E-state index in [0.717, 1.165) is 11.3 Å². The fourth-order valence-electron chi connectivity index (χ4n) is 3.52. The Labute approximate surface area is 168 Å². The number of benzene rings is 2. The van der Waals surface area contributed by atoms with Gasteiger partial charge in [0.25, 0.3) is 5.91 Å². The van der Waals surface area contributed by atoms with Gasteiger partial charge in [0.05, 0.1) is 24.3 Å². The van der Waals surface area contributed by atoms with E-state index >= 15 is 0 Å². The number of carbonyl (C=O) groups is 2. The maximum atomic E-state index is 13.2. The SMILES string of the molecule is COc1ccc(-c2nn(-c3ccccc3)cc2C(=O)N2CC[C@@H](C(=O)O)C2)cc1. The molecule has 1 N–H and O–H groups in total. The van der Waals surface area contributed by atoms with E-state index < -0.39 is 11.9 Å². The molecule has 148 valence electrons. The molecular formula is C22H21N3O4. The summed E-state index contributed by atoms with van der Waals surface area (Å²) in [7, 11) is 1.60. The lowest BCUT2D eigenvalue weighted by Gasteiger charge is -2.15. The number of carboxylic acids is 1. The summed E-state index contributed by atoms with van der Waals surface area (Å²) < 4.78 is 6.89. The Balaban J connectivity index is 1.73. The summed E-state index contributed by atoms with van der Waals surface area (Å²) >= 11 is 0. The van der Waals surface area contributed by atoms with E-state index in [0.29, 0.717) is 30.0 Å². The molecule has 7 heteroatoms.